The van der Waals surface area contributed by atoms with Crippen molar-refractivity contribution < 1.29 is 0 Å². The summed E-state index contributed by atoms with van der Waals surface area (Å²) in [7, 11) is 0. The van der Waals surface area contributed by atoms with Gasteiger partial charge in [0.15, 0.2) is 0 Å². The Hall–Kier alpha value is -1.49. The van der Waals surface area contributed by atoms with E-state index in [2.05, 4.69) is 14.3 Å². The maximum absolute atomic E-state index is 10.9. The van der Waals surface area contributed by atoms with Crippen LogP contribution in [-0.4, -0.2) is 14.3 Å². The number of nitrogens with zero attached hydrogens (tertiary/aromatic N) is 2. The van der Waals surface area contributed by atoms with Crippen LogP contribution < -0.4 is 5.56 Å². The number of hydrogen-bond donors (Lipinski definition) is 1. The SMILES string of the molecule is O=c1cc(-c2ccsn2)nc[nH]1. The average molecular weight is 179 g/mol. The number of aromatic amines is 1. The van der Waals surface area contributed by atoms with Crippen LogP contribution in [0.4, 0.5) is 0 Å². The summed E-state index contributed by atoms with van der Waals surface area (Å²) < 4.78 is 4.05. The molecule has 1 N–H and O–H groups in total. The number of aromatic nitrogens is 3. The molecular weight excluding hydrogens is 174 g/mol. The summed E-state index contributed by atoms with van der Waals surface area (Å²) in [6, 6.07) is 3.25. The molecule has 0 saturated heterocycles. The van der Waals surface area contributed by atoms with Crippen LogP contribution in [0.3, 0.4) is 0 Å². The highest BCUT2D eigenvalue weighted by atomic mass is 32.1. The Balaban J connectivity index is 2.55. The molecule has 2 aromatic heterocycles. The molecule has 0 unspecified atom stereocenters. The van der Waals surface area contributed by atoms with Crippen LogP contribution in [0.25, 0.3) is 11.4 Å². The second kappa shape index (κ2) is 2.86. The van der Waals surface area contributed by atoms with Gasteiger partial charge in [0.25, 0.3) is 5.56 Å². The molecule has 0 radical (unpaired) electrons. The molecule has 0 aliphatic rings. The molecule has 60 valence electrons. The summed E-state index contributed by atoms with van der Waals surface area (Å²) in [4.78, 5) is 17.3. The summed E-state index contributed by atoms with van der Waals surface area (Å²) in [6.45, 7) is 0. The molecule has 12 heavy (non-hydrogen) atoms. The Kier molecular flexibility index (Phi) is 1.71. The van der Waals surface area contributed by atoms with Crippen molar-refractivity contribution in [1.82, 2.24) is 14.3 Å². The zero-order chi connectivity index (χ0) is 8.39. The Bertz CT molecular complexity index is 420. The van der Waals surface area contributed by atoms with Gasteiger partial charge >= 0.3 is 0 Å². The number of hydrogen-bond acceptors (Lipinski definition) is 4. The van der Waals surface area contributed by atoms with E-state index in [4.69, 9.17) is 0 Å². The highest BCUT2D eigenvalue weighted by Crippen LogP contribution is 2.12. The first-order valence-corrected chi connectivity index (χ1v) is 4.15. The van der Waals surface area contributed by atoms with Crippen molar-refractivity contribution in [1.29, 1.82) is 0 Å². The van der Waals surface area contributed by atoms with Crippen molar-refractivity contribution in [3.63, 3.8) is 0 Å². The molecule has 4 nitrogen and oxygen atoms in total. The lowest BCUT2D eigenvalue weighted by atomic mass is 10.3. The molecule has 2 rings (SSSR count). The summed E-state index contributed by atoms with van der Waals surface area (Å²) in [5, 5.41) is 1.85. The molecule has 0 bridgehead atoms. The van der Waals surface area contributed by atoms with Crippen LogP contribution in [0, 0.1) is 0 Å². The molecule has 2 aromatic rings. The molecule has 0 amide bonds. The molecule has 0 atom stereocenters. The van der Waals surface area contributed by atoms with E-state index >= 15 is 0 Å². The fourth-order valence-corrected chi connectivity index (χ4v) is 1.37. The Morgan fingerprint density at radius 3 is 3.00 bits per heavy atom. The Morgan fingerprint density at radius 2 is 2.33 bits per heavy atom. The van der Waals surface area contributed by atoms with E-state index in [0.717, 1.165) is 5.69 Å². The van der Waals surface area contributed by atoms with Gasteiger partial charge in [-0.15, -0.1) is 0 Å². The van der Waals surface area contributed by atoms with Gasteiger partial charge in [0.05, 0.1) is 12.0 Å². The summed E-state index contributed by atoms with van der Waals surface area (Å²) >= 11 is 1.34. The Morgan fingerprint density at radius 1 is 1.42 bits per heavy atom. The highest BCUT2D eigenvalue weighted by molar-refractivity contribution is 7.03. The van der Waals surface area contributed by atoms with Gasteiger partial charge in [-0.25, -0.2) is 4.98 Å². The fourth-order valence-electron chi connectivity index (χ4n) is 0.853. The maximum Gasteiger partial charge on any atom is 0.251 e. The zero-order valence-electron chi connectivity index (χ0n) is 6.02. The minimum absolute atomic E-state index is 0.159. The van der Waals surface area contributed by atoms with Crippen molar-refractivity contribution in [2.75, 3.05) is 0 Å². The standard InChI is InChI=1S/C7H5N3OS/c11-7-3-6(8-4-9-7)5-1-2-12-10-5/h1-4H,(H,8,9,11). The lowest BCUT2D eigenvalue weighted by Gasteiger charge is -1.90. The van der Waals surface area contributed by atoms with E-state index in [1.807, 2.05) is 11.4 Å². The topological polar surface area (TPSA) is 58.6 Å². The molecule has 0 fully saturated rings. The molecule has 0 saturated carbocycles. The van der Waals surface area contributed by atoms with Crippen LogP contribution in [0.1, 0.15) is 0 Å². The summed E-state index contributed by atoms with van der Waals surface area (Å²) in [6.07, 6.45) is 1.37. The maximum atomic E-state index is 10.9. The van der Waals surface area contributed by atoms with Crippen molar-refractivity contribution in [3.05, 3.63) is 34.2 Å². The van der Waals surface area contributed by atoms with Crippen LogP contribution >= 0.6 is 11.5 Å². The quantitative estimate of drug-likeness (QED) is 0.707. The van der Waals surface area contributed by atoms with Gasteiger partial charge in [-0.2, -0.15) is 4.37 Å². The zero-order valence-corrected chi connectivity index (χ0v) is 6.84. The van der Waals surface area contributed by atoms with E-state index in [1.54, 1.807) is 0 Å². The number of rotatable bonds is 1. The third kappa shape index (κ3) is 1.26. The molecule has 2 heterocycles. The van der Waals surface area contributed by atoms with Crippen LogP contribution in [-0.2, 0) is 0 Å². The Labute approximate surface area is 72.1 Å². The smallest absolute Gasteiger partial charge is 0.251 e. The first-order valence-electron chi connectivity index (χ1n) is 3.32. The first kappa shape index (κ1) is 7.17. The predicted octanol–water partition coefficient (Wildman–Crippen LogP) is 0.893. The molecule has 0 spiro atoms. The van der Waals surface area contributed by atoms with E-state index in [1.165, 1.54) is 23.9 Å². The van der Waals surface area contributed by atoms with Gasteiger partial charge in [-0.05, 0) is 17.6 Å². The van der Waals surface area contributed by atoms with Crippen LogP contribution in [0.5, 0.6) is 0 Å². The molecule has 5 heteroatoms. The lowest BCUT2D eigenvalue weighted by Crippen LogP contribution is -2.04. The minimum atomic E-state index is -0.159. The summed E-state index contributed by atoms with van der Waals surface area (Å²) in [5.41, 5.74) is 1.19. The van der Waals surface area contributed by atoms with E-state index < -0.39 is 0 Å². The van der Waals surface area contributed by atoms with E-state index in [-0.39, 0.29) is 5.56 Å². The van der Waals surface area contributed by atoms with Gasteiger partial charge in [0.2, 0.25) is 0 Å². The van der Waals surface area contributed by atoms with Crippen molar-refractivity contribution in [3.8, 4) is 11.4 Å². The molecule has 0 aromatic carbocycles. The van der Waals surface area contributed by atoms with Crippen LogP contribution in [0.15, 0.2) is 28.6 Å². The van der Waals surface area contributed by atoms with Gasteiger partial charge in [-0.1, -0.05) is 0 Å². The van der Waals surface area contributed by atoms with Gasteiger partial charge in [0.1, 0.15) is 5.69 Å². The number of H-pyrrole nitrogens is 1. The average Bonchev–Trinajstić information content (AvgIpc) is 2.56. The van der Waals surface area contributed by atoms with Crippen molar-refractivity contribution >= 4 is 11.5 Å². The summed E-state index contributed by atoms with van der Waals surface area (Å²) in [5.74, 6) is 0. The highest BCUT2D eigenvalue weighted by Gasteiger charge is 2.00. The van der Waals surface area contributed by atoms with Crippen LogP contribution in [0.2, 0.25) is 0 Å². The monoisotopic (exact) mass is 179 g/mol. The third-order valence-electron chi connectivity index (χ3n) is 1.38. The second-order valence-corrected chi connectivity index (χ2v) is 2.85. The largest absolute Gasteiger partial charge is 0.313 e. The molecule has 0 aliphatic carbocycles. The second-order valence-electron chi connectivity index (χ2n) is 2.18. The van der Waals surface area contributed by atoms with Gasteiger partial charge in [-0.3, -0.25) is 4.79 Å². The predicted molar refractivity (Wildman–Crippen MR) is 46.0 cm³/mol. The molecule has 0 aliphatic heterocycles. The first-order chi connectivity index (χ1) is 5.86. The minimum Gasteiger partial charge on any atom is -0.313 e. The fraction of sp³-hybridized carbons (Fsp3) is 0. The normalized spacial score (nSPS) is 10.0. The van der Waals surface area contributed by atoms with Crippen molar-refractivity contribution in [2.45, 2.75) is 0 Å². The third-order valence-corrected chi connectivity index (χ3v) is 1.94. The van der Waals surface area contributed by atoms with E-state index in [0.29, 0.717) is 5.69 Å². The van der Waals surface area contributed by atoms with Gasteiger partial charge in [0, 0.05) is 11.4 Å². The lowest BCUT2D eigenvalue weighted by molar-refractivity contribution is 1.12. The number of nitrogens with one attached hydrogen (secondary N) is 1. The van der Waals surface area contributed by atoms with Gasteiger partial charge < -0.3 is 4.98 Å². The van der Waals surface area contributed by atoms with E-state index in [9.17, 15) is 4.79 Å². The molecular formula is C7H5N3OS. The van der Waals surface area contributed by atoms with Crippen molar-refractivity contribution in [2.24, 2.45) is 0 Å².